The van der Waals surface area contributed by atoms with Gasteiger partial charge in [0.05, 0.1) is 16.8 Å². The van der Waals surface area contributed by atoms with Crippen molar-refractivity contribution in [2.45, 2.75) is 25.4 Å². The van der Waals surface area contributed by atoms with Crippen LogP contribution in [0.25, 0.3) is 0 Å². The Morgan fingerprint density at radius 1 is 1.03 bits per heavy atom. The van der Waals surface area contributed by atoms with Crippen molar-refractivity contribution in [2.75, 3.05) is 5.01 Å². The second kappa shape index (κ2) is 10.8. The molecule has 3 aromatic rings. The average Bonchev–Trinajstić information content (AvgIpc) is 3.21. The van der Waals surface area contributed by atoms with Gasteiger partial charge in [-0.2, -0.15) is 5.10 Å². The van der Waals surface area contributed by atoms with Crippen molar-refractivity contribution in [3.05, 3.63) is 99.0 Å². The monoisotopic (exact) mass is 489 g/mol. The Kier molecular flexibility index (Phi) is 8.15. The lowest BCUT2D eigenvalue weighted by Crippen LogP contribution is -2.19. The van der Waals surface area contributed by atoms with Crippen molar-refractivity contribution in [3.63, 3.8) is 0 Å². The highest BCUT2D eigenvalue weighted by atomic mass is 35.5. The van der Waals surface area contributed by atoms with Crippen LogP contribution in [-0.2, 0) is 4.79 Å². The summed E-state index contributed by atoms with van der Waals surface area (Å²) in [6, 6.07) is 22.2. The number of nitrogens with zero attached hydrogens (tertiary/aromatic N) is 2. The highest BCUT2D eigenvalue weighted by Crippen LogP contribution is 2.39. The lowest BCUT2D eigenvalue weighted by Gasteiger charge is -2.25. The summed E-state index contributed by atoms with van der Waals surface area (Å²) in [5.41, 5.74) is 8.39. The average molecular weight is 491 g/mol. The van der Waals surface area contributed by atoms with Gasteiger partial charge in [0, 0.05) is 22.5 Å². The molecule has 5 nitrogen and oxygen atoms in total. The predicted octanol–water partition coefficient (Wildman–Crippen LogP) is 6.75. The van der Waals surface area contributed by atoms with E-state index in [1.54, 1.807) is 35.3 Å². The normalized spacial score (nSPS) is 16.1. The Morgan fingerprint density at radius 2 is 1.66 bits per heavy atom. The molecular weight excluding hydrogens is 469 g/mol. The summed E-state index contributed by atoms with van der Waals surface area (Å²) in [7, 11) is 0. The first-order valence-corrected chi connectivity index (χ1v) is 11.0. The molecule has 0 saturated carbocycles. The van der Waals surface area contributed by atoms with E-state index < -0.39 is 5.97 Å². The summed E-state index contributed by atoms with van der Waals surface area (Å²) in [6.45, 7) is 1.98. The Morgan fingerprint density at radius 3 is 2.19 bits per heavy atom. The van der Waals surface area contributed by atoms with Gasteiger partial charge >= 0.3 is 5.97 Å². The Hall–Kier alpha value is -2.57. The van der Waals surface area contributed by atoms with Crippen molar-refractivity contribution in [1.82, 2.24) is 0 Å². The summed E-state index contributed by atoms with van der Waals surface area (Å²) in [5, 5.41) is 16.6. The fourth-order valence-corrected chi connectivity index (χ4v) is 3.85. The number of hydrazone groups is 1. The maximum absolute atomic E-state index is 11.3. The molecule has 0 aromatic heterocycles. The molecule has 32 heavy (non-hydrogen) atoms. The molecule has 0 aliphatic carbocycles. The van der Waals surface area contributed by atoms with Gasteiger partial charge in [-0.3, -0.25) is 5.01 Å². The van der Waals surface area contributed by atoms with E-state index in [1.165, 1.54) is 5.56 Å². The standard InChI is InChI=1S/C16H11Cl3N2O2.C8H11N/c17-10-3-1-9(2-4-10)15-8-13(16(22)23)20-21(15)14-6-5-11(18)7-12(14)19;1-7(9)8-5-3-2-4-6-8/h1-7,15H,8H2,(H,22,23);2-7H,9H2,1H3/t15-;7-/m01/s1. The maximum Gasteiger partial charge on any atom is 0.352 e. The van der Waals surface area contributed by atoms with E-state index >= 15 is 0 Å². The van der Waals surface area contributed by atoms with Gasteiger partial charge < -0.3 is 10.8 Å². The molecule has 0 radical (unpaired) electrons. The number of hydrogen-bond donors (Lipinski definition) is 2. The number of benzene rings is 3. The lowest BCUT2D eigenvalue weighted by atomic mass is 10.0. The molecule has 0 amide bonds. The Bertz CT molecular complexity index is 1100. The molecule has 1 heterocycles. The van der Waals surface area contributed by atoms with Crippen LogP contribution in [0.4, 0.5) is 5.69 Å². The van der Waals surface area contributed by atoms with Crippen LogP contribution in [0, 0.1) is 0 Å². The van der Waals surface area contributed by atoms with E-state index in [4.69, 9.17) is 40.5 Å². The number of hydrogen-bond acceptors (Lipinski definition) is 4. The van der Waals surface area contributed by atoms with Crippen LogP contribution in [0.15, 0.2) is 77.9 Å². The summed E-state index contributed by atoms with van der Waals surface area (Å²) >= 11 is 18.1. The summed E-state index contributed by atoms with van der Waals surface area (Å²) in [6.07, 6.45) is 0.274. The van der Waals surface area contributed by atoms with Crippen LogP contribution in [-0.4, -0.2) is 16.8 Å². The van der Waals surface area contributed by atoms with E-state index in [0.29, 0.717) is 20.8 Å². The minimum absolute atomic E-state index is 0.0796. The minimum atomic E-state index is -1.04. The lowest BCUT2D eigenvalue weighted by molar-refractivity contribution is -0.129. The second-order valence-electron chi connectivity index (χ2n) is 7.26. The smallest absolute Gasteiger partial charge is 0.352 e. The van der Waals surface area contributed by atoms with Gasteiger partial charge in [0.1, 0.15) is 5.71 Å². The number of halogens is 3. The topological polar surface area (TPSA) is 78.9 Å². The first-order chi connectivity index (χ1) is 15.3. The van der Waals surface area contributed by atoms with Gasteiger partial charge in [-0.15, -0.1) is 0 Å². The maximum atomic E-state index is 11.3. The number of anilines is 1. The molecule has 0 fully saturated rings. The predicted molar refractivity (Wildman–Crippen MR) is 132 cm³/mol. The number of aliphatic carboxylic acids is 1. The highest BCUT2D eigenvalue weighted by molar-refractivity contribution is 6.38. The van der Waals surface area contributed by atoms with Gasteiger partial charge in [0.2, 0.25) is 0 Å². The van der Waals surface area contributed by atoms with Crippen LogP contribution in [0.1, 0.15) is 36.6 Å². The van der Waals surface area contributed by atoms with Crippen molar-refractivity contribution < 1.29 is 9.90 Å². The Labute approximate surface area is 202 Å². The van der Waals surface area contributed by atoms with Crippen LogP contribution < -0.4 is 10.7 Å². The van der Waals surface area contributed by atoms with E-state index in [0.717, 1.165) is 5.56 Å². The largest absolute Gasteiger partial charge is 0.477 e. The molecule has 0 unspecified atom stereocenters. The van der Waals surface area contributed by atoms with Gasteiger partial charge in [0.25, 0.3) is 0 Å². The van der Waals surface area contributed by atoms with Gasteiger partial charge in [0.15, 0.2) is 0 Å². The van der Waals surface area contributed by atoms with Crippen LogP contribution >= 0.6 is 34.8 Å². The summed E-state index contributed by atoms with van der Waals surface area (Å²) < 4.78 is 0. The molecule has 0 bridgehead atoms. The zero-order valence-corrected chi connectivity index (χ0v) is 19.5. The molecule has 1 aliphatic heterocycles. The van der Waals surface area contributed by atoms with E-state index in [9.17, 15) is 9.90 Å². The van der Waals surface area contributed by atoms with Crippen molar-refractivity contribution in [2.24, 2.45) is 10.8 Å². The zero-order valence-electron chi connectivity index (χ0n) is 17.3. The fraction of sp³-hybridized carbons (Fsp3) is 0.167. The zero-order chi connectivity index (χ0) is 23.3. The molecule has 8 heteroatoms. The molecule has 3 N–H and O–H groups in total. The van der Waals surface area contributed by atoms with E-state index in [1.807, 2.05) is 49.4 Å². The molecule has 4 rings (SSSR count). The molecule has 3 aromatic carbocycles. The minimum Gasteiger partial charge on any atom is -0.477 e. The number of carboxylic acid groups (broad SMARTS) is 1. The number of carbonyl (C=O) groups is 1. The first-order valence-electron chi connectivity index (χ1n) is 9.87. The van der Waals surface area contributed by atoms with E-state index in [-0.39, 0.29) is 24.2 Å². The van der Waals surface area contributed by atoms with Crippen LogP contribution in [0.3, 0.4) is 0 Å². The van der Waals surface area contributed by atoms with Gasteiger partial charge in [-0.25, -0.2) is 4.79 Å². The van der Waals surface area contributed by atoms with Crippen LogP contribution in [0.5, 0.6) is 0 Å². The third-order valence-electron chi connectivity index (χ3n) is 4.89. The number of nitrogens with two attached hydrogens (primary N) is 1. The first kappa shape index (κ1) is 24.1. The molecule has 166 valence electrons. The highest BCUT2D eigenvalue weighted by Gasteiger charge is 2.33. The third-order valence-corrected chi connectivity index (χ3v) is 5.68. The Balaban J connectivity index is 0.000000269. The molecule has 1 aliphatic rings. The van der Waals surface area contributed by atoms with Crippen molar-refractivity contribution >= 4 is 52.2 Å². The summed E-state index contributed by atoms with van der Waals surface area (Å²) in [4.78, 5) is 11.3. The molecule has 0 spiro atoms. The molecule has 0 saturated heterocycles. The van der Waals surface area contributed by atoms with Gasteiger partial charge in [-0.1, -0.05) is 77.3 Å². The van der Waals surface area contributed by atoms with Gasteiger partial charge in [-0.05, 0) is 48.4 Å². The van der Waals surface area contributed by atoms with Crippen molar-refractivity contribution in [1.29, 1.82) is 0 Å². The van der Waals surface area contributed by atoms with Crippen molar-refractivity contribution in [3.8, 4) is 0 Å². The second-order valence-corrected chi connectivity index (χ2v) is 8.54. The SMILES string of the molecule is C[C@@H](N)c1ccccc1.O=C(O)C1=NN(c2ccc(Cl)cc2Cl)[C@H](c2ccc(Cl)cc2)C1. The van der Waals surface area contributed by atoms with Crippen LogP contribution in [0.2, 0.25) is 15.1 Å². The van der Waals surface area contributed by atoms with E-state index in [2.05, 4.69) is 5.10 Å². The number of rotatable bonds is 4. The third kappa shape index (κ3) is 6.02. The fourth-order valence-electron chi connectivity index (χ4n) is 3.23. The quantitative estimate of drug-likeness (QED) is 0.424. The number of carboxylic acids is 1. The summed E-state index contributed by atoms with van der Waals surface area (Å²) in [5.74, 6) is -1.04. The molecular formula is C24H22Cl3N3O2. The molecule has 2 atom stereocenters.